The number of ether oxygens (including phenoxy) is 1. The highest BCUT2D eigenvalue weighted by Crippen LogP contribution is 2.39. The minimum absolute atomic E-state index is 0.0419. The van der Waals surface area contributed by atoms with Crippen LogP contribution in [0.5, 0.6) is 11.5 Å². The molecule has 1 aliphatic carbocycles. The fourth-order valence-electron chi connectivity index (χ4n) is 2.28. The SMILES string of the molecule is COc1ccc(C(=O)NC2CC(N)C2(C)C)cc1O. The molecule has 1 aliphatic rings. The number of amides is 1. The average molecular weight is 264 g/mol. The molecule has 2 unspecified atom stereocenters. The van der Waals surface area contributed by atoms with Crippen molar-refractivity contribution in [2.45, 2.75) is 32.4 Å². The van der Waals surface area contributed by atoms with E-state index < -0.39 is 0 Å². The van der Waals surface area contributed by atoms with Gasteiger partial charge >= 0.3 is 0 Å². The van der Waals surface area contributed by atoms with Gasteiger partial charge in [0.25, 0.3) is 5.91 Å². The van der Waals surface area contributed by atoms with Gasteiger partial charge in [0.1, 0.15) is 0 Å². The summed E-state index contributed by atoms with van der Waals surface area (Å²) in [5, 5.41) is 12.6. The van der Waals surface area contributed by atoms with Crippen LogP contribution in [0.15, 0.2) is 18.2 Å². The Morgan fingerprint density at radius 2 is 2.21 bits per heavy atom. The lowest BCUT2D eigenvalue weighted by molar-refractivity contribution is 0.0586. The van der Waals surface area contributed by atoms with Crippen LogP contribution < -0.4 is 15.8 Å². The van der Waals surface area contributed by atoms with Crippen molar-refractivity contribution in [3.8, 4) is 11.5 Å². The first kappa shape index (κ1) is 13.7. The van der Waals surface area contributed by atoms with Crippen molar-refractivity contribution in [1.82, 2.24) is 5.32 Å². The Bertz CT molecular complexity index is 499. The van der Waals surface area contributed by atoms with Crippen LogP contribution in [0.25, 0.3) is 0 Å². The van der Waals surface area contributed by atoms with Crippen LogP contribution in [-0.2, 0) is 0 Å². The standard InChI is InChI=1S/C14H20N2O3/c1-14(2)11(15)7-12(14)16-13(18)8-4-5-10(19-3)9(17)6-8/h4-6,11-12,17H,7,15H2,1-3H3,(H,16,18). The zero-order valence-electron chi connectivity index (χ0n) is 11.4. The predicted molar refractivity (Wildman–Crippen MR) is 72.3 cm³/mol. The highest BCUT2D eigenvalue weighted by molar-refractivity contribution is 5.95. The molecule has 5 nitrogen and oxygen atoms in total. The Labute approximate surface area is 112 Å². The fraction of sp³-hybridized carbons (Fsp3) is 0.500. The number of benzene rings is 1. The molecule has 1 aromatic carbocycles. The second-order valence-electron chi connectivity index (χ2n) is 5.58. The van der Waals surface area contributed by atoms with E-state index in [9.17, 15) is 9.90 Å². The molecule has 0 saturated heterocycles. The van der Waals surface area contributed by atoms with Gasteiger partial charge in [0.2, 0.25) is 0 Å². The molecule has 0 aliphatic heterocycles. The largest absolute Gasteiger partial charge is 0.504 e. The van der Waals surface area contributed by atoms with Crippen molar-refractivity contribution < 1.29 is 14.6 Å². The molecule has 0 radical (unpaired) electrons. The quantitative estimate of drug-likeness (QED) is 0.767. The van der Waals surface area contributed by atoms with Crippen LogP contribution in [0.2, 0.25) is 0 Å². The fourth-order valence-corrected chi connectivity index (χ4v) is 2.28. The summed E-state index contributed by atoms with van der Waals surface area (Å²) in [7, 11) is 1.47. The maximum atomic E-state index is 12.1. The lowest BCUT2D eigenvalue weighted by atomic mass is 9.63. The summed E-state index contributed by atoms with van der Waals surface area (Å²) in [4.78, 5) is 12.1. The van der Waals surface area contributed by atoms with Gasteiger partial charge in [0, 0.05) is 23.1 Å². The van der Waals surface area contributed by atoms with Crippen molar-refractivity contribution >= 4 is 5.91 Å². The molecular weight excluding hydrogens is 244 g/mol. The third-order valence-electron chi connectivity index (χ3n) is 4.09. The molecule has 0 aromatic heterocycles. The smallest absolute Gasteiger partial charge is 0.251 e. The van der Waals surface area contributed by atoms with Crippen molar-refractivity contribution in [3.63, 3.8) is 0 Å². The van der Waals surface area contributed by atoms with Crippen LogP contribution in [0.4, 0.5) is 0 Å². The maximum absolute atomic E-state index is 12.1. The van der Waals surface area contributed by atoms with Gasteiger partial charge in [-0.3, -0.25) is 4.79 Å². The number of hydrogen-bond donors (Lipinski definition) is 3. The second-order valence-corrected chi connectivity index (χ2v) is 5.58. The highest BCUT2D eigenvalue weighted by atomic mass is 16.5. The monoisotopic (exact) mass is 264 g/mol. The first-order valence-electron chi connectivity index (χ1n) is 6.29. The van der Waals surface area contributed by atoms with Crippen molar-refractivity contribution in [2.24, 2.45) is 11.1 Å². The predicted octanol–water partition coefficient (Wildman–Crippen LogP) is 1.26. The molecule has 19 heavy (non-hydrogen) atoms. The number of carbonyl (C=O) groups is 1. The summed E-state index contributed by atoms with van der Waals surface area (Å²) in [6, 6.07) is 4.78. The number of hydrogen-bond acceptors (Lipinski definition) is 4. The van der Waals surface area contributed by atoms with Crippen molar-refractivity contribution in [2.75, 3.05) is 7.11 Å². The molecule has 2 rings (SSSR count). The lowest BCUT2D eigenvalue weighted by Gasteiger charge is -2.50. The minimum atomic E-state index is -0.206. The Morgan fingerprint density at radius 3 is 2.68 bits per heavy atom. The van der Waals surface area contributed by atoms with E-state index >= 15 is 0 Å². The van der Waals surface area contributed by atoms with E-state index in [4.69, 9.17) is 10.5 Å². The normalized spacial score (nSPS) is 24.4. The molecule has 0 heterocycles. The summed E-state index contributed by atoms with van der Waals surface area (Å²) in [6.45, 7) is 4.08. The molecule has 1 saturated carbocycles. The van der Waals surface area contributed by atoms with Crippen LogP contribution in [-0.4, -0.2) is 30.2 Å². The van der Waals surface area contributed by atoms with E-state index in [-0.39, 0.29) is 29.2 Å². The zero-order chi connectivity index (χ0) is 14.2. The van der Waals surface area contributed by atoms with E-state index in [0.29, 0.717) is 11.3 Å². The van der Waals surface area contributed by atoms with E-state index in [1.165, 1.54) is 13.2 Å². The second kappa shape index (κ2) is 4.74. The van der Waals surface area contributed by atoms with Gasteiger partial charge in [0.15, 0.2) is 11.5 Å². The maximum Gasteiger partial charge on any atom is 0.251 e. The molecule has 1 fully saturated rings. The van der Waals surface area contributed by atoms with Gasteiger partial charge in [-0.05, 0) is 24.6 Å². The van der Waals surface area contributed by atoms with Crippen LogP contribution >= 0.6 is 0 Å². The summed E-state index contributed by atoms with van der Waals surface area (Å²) in [5.74, 6) is 0.102. The molecule has 1 aromatic rings. The molecule has 5 heteroatoms. The van der Waals surface area contributed by atoms with E-state index in [2.05, 4.69) is 5.32 Å². The molecule has 104 valence electrons. The Kier molecular flexibility index (Phi) is 3.41. The van der Waals surface area contributed by atoms with Gasteiger partial charge in [-0.2, -0.15) is 0 Å². The van der Waals surface area contributed by atoms with Crippen molar-refractivity contribution in [1.29, 1.82) is 0 Å². The molecule has 1 amide bonds. The lowest BCUT2D eigenvalue weighted by Crippen LogP contribution is -2.64. The summed E-state index contributed by atoms with van der Waals surface area (Å²) in [6.07, 6.45) is 0.779. The number of phenols is 1. The van der Waals surface area contributed by atoms with Gasteiger partial charge in [0.05, 0.1) is 7.11 Å². The number of nitrogens with two attached hydrogens (primary N) is 1. The van der Waals surface area contributed by atoms with Gasteiger partial charge < -0.3 is 20.9 Å². The molecule has 2 atom stereocenters. The van der Waals surface area contributed by atoms with Gasteiger partial charge in [-0.1, -0.05) is 13.8 Å². The van der Waals surface area contributed by atoms with Crippen LogP contribution in [0, 0.1) is 5.41 Å². The number of rotatable bonds is 3. The Hall–Kier alpha value is -1.75. The van der Waals surface area contributed by atoms with Crippen LogP contribution in [0.1, 0.15) is 30.6 Å². The summed E-state index contributed by atoms with van der Waals surface area (Å²) in [5.41, 5.74) is 6.23. The van der Waals surface area contributed by atoms with E-state index in [0.717, 1.165) is 6.42 Å². The Balaban J connectivity index is 2.07. The Morgan fingerprint density at radius 1 is 1.53 bits per heavy atom. The number of methoxy groups -OCH3 is 1. The van der Waals surface area contributed by atoms with Crippen LogP contribution in [0.3, 0.4) is 0 Å². The number of nitrogens with one attached hydrogen (secondary N) is 1. The molecule has 0 bridgehead atoms. The number of aromatic hydroxyl groups is 1. The van der Waals surface area contributed by atoms with Gasteiger partial charge in [-0.15, -0.1) is 0 Å². The number of carbonyl (C=O) groups excluding carboxylic acids is 1. The van der Waals surface area contributed by atoms with Crippen molar-refractivity contribution in [3.05, 3.63) is 23.8 Å². The summed E-state index contributed by atoms with van der Waals surface area (Å²) < 4.78 is 4.94. The third-order valence-corrected chi connectivity index (χ3v) is 4.09. The molecular formula is C14H20N2O3. The van der Waals surface area contributed by atoms with E-state index in [1.54, 1.807) is 12.1 Å². The topological polar surface area (TPSA) is 84.6 Å². The molecule has 4 N–H and O–H groups in total. The minimum Gasteiger partial charge on any atom is -0.504 e. The first-order chi connectivity index (χ1) is 8.86. The zero-order valence-corrected chi connectivity index (χ0v) is 11.4. The molecule has 0 spiro atoms. The van der Waals surface area contributed by atoms with Gasteiger partial charge in [-0.25, -0.2) is 0 Å². The first-order valence-corrected chi connectivity index (χ1v) is 6.29. The third kappa shape index (κ3) is 2.38. The van der Waals surface area contributed by atoms with E-state index in [1.807, 2.05) is 13.8 Å². The summed E-state index contributed by atoms with van der Waals surface area (Å²) >= 11 is 0. The highest BCUT2D eigenvalue weighted by Gasteiger charge is 2.46. The average Bonchev–Trinajstić information content (AvgIpc) is 2.38. The number of phenolic OH excluding ortho intramolecular Hbond substituents is 1.